The van der Waals surface area contributed by atoms with Crippen molar-refractivity contribution in [1.29, 1.82) is 0 Å². The Morgan fingerprint density at radius 3 is 2.32 bits per heavy atom. The van der Waals surface area contributed by atoms with Crippen molar-refractivity contribution in [2.75, 3.05) is 24.7 Å². The molecule has 148 valence electrons. The van der Waals surface area contributed by atoms with Crippen molar-refractivity contribution in [2.24, 2.45) is 0 Å². The van der Waals surface area contributed by atoms with Gasteiger partial charge in [0.25, 0.3) is 0 Å². The molecule has 0 unspecified atom stereocenters. The number of Topliss-reactive ketones (excluding diaryl/α,β-unsaturated/α-hetero) is 1. The number of nitrogens with one attached hydrogen (secondary N) is 1. The molecule has 0 amide bonds. The van der Waals surface area contributed by atoms with Crippen molar-refractivity contribution >= 4 is 46.4 Å². The van der Waals surface area contributed by atoms with Gasteiger partial charge < -0.3 is 15.3 Å². The molecule has 0 saturated heterocycles. The fourth-order valence-corrected chi connectivity index (χ4v) is 3.76. The number of thiocarbonyl (C=S) groups is 1. The van der Waals surface area contributed by atoms with Crippen molar-refractivity contribution in [3.63, 3.8) is 0 Å². The monoisotopic (exact) mass is 416 g/mol. The first-order chi connectivity index (χ1) is 13.4. The van der Waals surface area contributed by atoms with Gasteiger partial charge in [-0.05, 0) is 17.7 Å². The molecule has 0 radical (unpaired) electrons. The first kappa shape index (κ1) is 21.9. The van der Waals surface area contributed by atoms with Gasteiger partial charge in [-0.1, -0.05) is 54.7 Å². The van der Waals surface area contributed by atoms with Gasteiger partial charge in [-0.3, -0.25) is 4.79 Å². The molecule has 0 aromatic heterocycles. The van der Waals surface area contributed by atoms with E-state index >= 15 is 0 Å². The highest BCUT2D eigenvalue weighted by atomic mass is 32.2. The van der Waals surface area contributed by atoms with Crippen LogP contribution in [0.1, 0.15) is 22.3 Å². The van der Waals surface area contributed by atoms with Crippen LogP contribution in [0.25, 0.3) is 0 Å². The number of anilines is 1. The number of thioether (sulfide) groups is 1. The number of benzene rings is 2. The smallest absolute Gasteiger partial charge is 0.326 e. The quantitative estimate of drug-likeness (QED) is 0.453. The summed E-state index contributed by atoms with van der Waals surface area (Å²) in [5, 5.41) is 12.3. The molecule has 0 bridgehead atoms. The first-order valence-corrected chi connectivity index (χ1v) is 10.4. The van der Waals surface area contributed by atoms with Gasteiger partial charge in [0.15, 0.2) is 5.78 Å². The fourth-order valence-electron chi connectivity index (χ4n) is 2.48. The van der Waals surface area contributed by atoms with Gasteiger partial charge in [0.05, 0.1) is 11.4 Å². The maximum atomic E-state index is 12.2. The topological polar surface area (TPSA) is 69.6 Å². The number of rotatable bonds is 10. The summed E-state index contributed by atoms with van der Waals surface area (Å²) < 4.78 is 0. The van der Waals surface area contributed by atoms with Crippen LogP contribution < -0.4 is 10.2 Å². The zero-order valence-corrected chi connectivity index (χ0v) is 17.6. The Bertz CT molecular complexity index is 808. The maximum Gasteiger partial charge on any atom is 0.326 e. The number of carboxylic acids is 1. The summed E-state index contributed by atoms with van der Waals surface area (Å²) >= 11 is 6.71. The minimum Gasteiger partial charge on any atom is -0.480 e. The average Bonchev–Trinajstić information content (AvgIpc) is 2.68. The molecular weight excluding hydrogens is 392 g/mol. The van der Waals surface area contributed by atoms with Crippen molar-refractivity contribution < 1.29 is 14.7 Å². The second-order valence-electron chi connectivity index (χ2n) is 6.50. The van der Waals surface area contributed by atoms with Gasteiger partial charge in [0.2, 0.25) is 0 Å². The molecule has 28 heavy (non-hydrogen) atoms. The molecule has 0 aliphatic rings. The minimum atomic E-state index is -0.982. The molecule has 2 rings (SSSR count). The highest BCUT2D eigenvalue weighted by molar-refractivity contribution is 7.98. The standard InChI is InChI=1S/C21H24N2O3S2/c1-23(2)17-10-8-15(9-11-17)13-28-14-18(21(25)26)22-20(27)12-19(24)16-6-4-3-5-7-16/h3-11,18H,12-14H2,1-2H3,(H,22,27)(H,25,26)/t18-/m0/s1. The summed E-state index contributed by atoms with van der Waals surface area (Å²) in [4.78, 5) is 26.0. The van der Waals surface area contributed by atoms with Gasteiger partial charge in [0.1, 0.15) is 6.04 Å². The third kappa shape index (κ3) is 6.98. The zero-order valence-electron chi connectivity index (χ0n) is 15.9. The van der Waals surface area contributed by atoms with Gasteiger partial charge in [-0.2, -0.15) is 11.8 Å². The Morgan fingerprint density at radius 2 is 1.75 bits per heavy atom. The predicted octanol–water partition coefficient (Wildman–Crippen LogP) is 3.63. The normalized spacial score (nSPS) is 11.5. The first-order valence-electron chi connectivity index (χ1n) is 8.81. The van der Waals surface area contributed by atoms with E-state index < -0.39 is 12.0 Å². The van der Waals surface area contributed by atoms with Crippen molar-refractivity contribution in [1.82, 2.24) is 5.32 Å². The lowest BCUT2D eigenvalue weighted by molar-refractivity contribution is -0.138. The van der Waals surface area contributed by atoms with E-state index in [4.69, 9.17) is 12.2 Å². The molecule has 7 heteroatoms. The van der Waals surface area contributed by atoms with Crippen LogP contribution in [0.15, 0.2) is 54.6 Å². The molecule has 0 fully saturated rings. The Kier molecular flexibility index (Phi) is 8.47. The van der Waals surface area contributed by atoms with Crippen LogP contribution in [0.2, 0.25) is 0 Å². The molecule has 2 aromatic carbocycles. The van der Waals surface area contributed by atoms with Gasteiger partial charge in [0, 0.05) is 36.9 Å². The molecule has 0 heterocycles. The van der Waals surface area contributed by atoms with Crippen molar-refractivity contribution in [2.45, 2.75) is 18.2 Å². The largest absolute Gasteiger partial charge is 0.480 e. The Morgan fingerprint density at radius 1 is 1.11 bits per heavy atom. The number of carbonyl (C=O) groups is 2. The van der Waals surface area contributed by atoms with Crippen LogP contribution in [-0.4, -0.2) is 47.7 Å². The van der Waals surface area contributed by atoms with Gasteiger partial charge in [-0.15, -0.1) is 0 Å². The second-order valence-corrected chi connectivity index (χ2v) is 8.02. The van der Waals surface area contributed by atoms with Gasteiger partial charge >= 0.3 is 5.97 Å². The number of carbonyl (C=O) groups excluding carboxylic acids is 1. The number of hydrogen-bond acceptors (Lipinski definition) is 5. The summed E-state index contributed by atoms with van der Waals surface area (Å²) in [7, 11) is 3.97. The summed E-state index contributed by atoms with van der Waals surface area (Å²) in [6.45, 7) is 0. The Labute approximate surface area is 175 Å². The van der Waals surface area contributed by atoms with E-state index in [-0.39, 0.29) is 17.2 Å². The fraction of sp³-hybridized carbons (Fsp3) is 0.286. The van der Waals surface area contributed by atoms with Crippen molar-refractivity contribution in [3.05, 3.63) is 65.7 Å². The summed E-state index contributed by atoms with van der Waals surface area (Å²) in [6, 6.07) is 16.1. The second kappa shape index (κ2) is 10.8. The van der Waals surface area contributed by atoms with Crippen molar-refractivity contribution in [3.8, 4) is 0 Å². The number of ketones is 1. The molecule has 2 aromatic rings. The summed E-state index contributed by atoms with van der Waals surface area (Å²) in [5.41, 5.74) is 2.81. The third-order valence-corrected chi connectivity index (χ3v) is 5.42. The van der Waals surface area contributed by atoms with E-state index in [1.807, 2.05) is 49.3 Å². The number of hydrogen-bond donors (Lipinski definition) is 2. The Balaban J connectivity index is 1.83. The molecule has 0 aliphatic carbocycles. The zero-order chi connectivity index (χ0) is 20.5. The molecule has 5 nitrogen and oxygen atoms in total. The highest BCUT2D eigenvalue weighted by Gasteiger charge is 2.19. The van der Waals surface area contributed by atoms with E-state index in [1.165, 1.54) is 11.8 Å². The van der Waals surface area contributed by atoms with Crippen LogP contribution in [0.4, 0.5) is 5.69 Å². The average molecular weight is 417 g/mol. The Hall–Kier alpha value is -2.38. The van der Waals surface area contributed by atoms with E-state index in [0.717, 1.165) is 11.3 Å². The van der Waals surface area contributed by atoms with Crippen LogP contribution in [0.3, 0.4) is 0 Å². The summed E-state index contributed by atoms with van der Waals surface area (Å²) in [5.74, 6) is -0.0555. The predicted molar refractivity (Wildman–Crippen MR) is 119 cm³/mol. The molecule has 0 aliphatic heterocycles. The number of aliphatic carboxylic acids is 1. The minimum absolute atomic E-state index is 0.000207. The van der Waals surface area contributed by atoms with Gasteiger partial charge in [-0.25, -0.2) is 4.79 Å². The highest BCUT2D eigenvalue weighted by Crippen LogP contribution is 2.17. The number of carboxylic acid groups (broad SMARTS) is 1. The van der Waals surface area contributed by atoms with E-state index in [1.54, 1.807) is 24.3 Å². The lowest BCUT2D eigenvalue weighted by Gasteiger charge is -2.16. The molecule has 2 N–H and O–H groups in total. The van der Waals surface area contributed by atoms with Crippen LogP contribution >= 0.6 is 24.0 Å². The SMILES string of the molecule is CN(C)c1ccc(CSC[C@H](NC(=S)CC(=O)c2ccccc2)C(=O)O)cc1. The van der Waals surface area contributed by atoms with E-state index in [9.17, 15) is 14.7 Å². The van der Waals surface area contributed by atoms with E-state index in [2.05, 4.69) is 5.32 Å². The maximum absolute atomic E-state index is 12.2. The molecule has 0 saturated carbocycles. The molecular formula is C21H24N2O3S2. The lowest BCUT2D eigenvalue weighted by atomic mass is 10.1. The van der Waals surface area contributed by atoms with Crippen LogP contribution in [-0.2, 0) is 10.5 Å². The van der Waals surface area contributed by atoms with Crippen LogP contribution in [0, 0.1) is 0 Å². The third-order valence-electron chi connectivity index (χ3n) is 4.06. The molecule has 1 atom stereocenters. The number of nitrogens with zero attached hydrogens (tertiary/aromatic N) is 1. The molecule has 0 spiro atoms. The van der Waals surface area contributed by atoms with Crippen LogP contribution in [0.5, 0.6) is 0 Å². The lowest BCUT2D eigenvalue weighted by Crippen LogP contribution is -2.42. The van der Waals surface area contributed by atoms with E-state index in [0.29, 0.717) is 17.1 Å². The summed E-state index contributed by atoms with van der Waals surface area (Å²) in [6.07, 6.45) is -0.000207.